The summed E-state index contributed by atoms with van der Waals surface area (Å²) in [7, 11) is 0. The second-order valence-corrected chi connectivity index (χ2v) is 5.73. The third-order valence-electron chi connectivity index (χ3n) is 3.87. The minimum atomic E-state index is -1.10. The molecule has 1 atom stereocenters. The molecule has 0 aromatic heterocycles. The van der Waals surface area contributed by atoms with Crippen LogP contribution in [0.2, 0.25) is 0 Å². The number of carbonyl (C=O) groups excluding carboxylic acids is 1. The van der Waals surface area contributed by atoms with E-state index >= 15 is 0 Å². The SMILES string of the molecule is Cc1cccc(OCC(=O)NC(C(=O)O)c2cccc(C)c2C)c1. The summed E-state index contributed by atoms with van der Waals surface area (Å²) in [6.45, 7) is 5.43. The Hall–Kier alpha value is -2.82. The van der Waals surface area contributed by atoms with E-state index in [2.05, 4.69) is 5.32 Å². The zero-order chi connectivity index (χ0) is 17.7. The first-order valence-corrected chi connectivity index (χ1v) is 7.66. The van der Waals surface area contributed by atoms with Crippen LogP contribution in [0.1, 0.15) is 28.3 Å². The van der Waals surface area contributed by atoms with Crippen molar-refractivity contribution in [2.75, 3.05) is 6.61 Å². The Morgan fingerprint density at radius 2 is 1.83 bits per heavy atom. The molecule has 0 fully saturated rings. The van der Waals surface area contributed by atoms with E-state index in [0.717, 1.165) is 16.7 Å². The number of aliphatic carboxylic acids is 1. The second kappa shape index (κ2) is 7.64. The Morgan fingerprint density at radius 1 is 1.12 bits per heavy atom. The summed E-state index contributed by atoms with van der Waals surface area (Å²) in [5.74, 6) is -1.01. The Bertz CT molecular complexity index is 755. The molecule has 5 nitrogen and oxygen atoms in total. The zero-order valence-corrected chi connectivity index (χ0v) is 14.0. The number of nitrogens with one attached hydrogen (secondary N) is 1. The summed E-state index contributed by atoms with van der Waals surface area (Å²) < 4.78 is 5.41. The summed E-state index contributed by atoms with van der Waals surface area (Å²) in [4.78, 5) is 23.6. The van der Waals surface area contributed by atoms with Crippen molar-refractivity contribution in [2.24, 2.45) is 0 Å². The molecule has 2 aromatic rings. The lowest BCUT2D eigenvalue weighted by atomic mass is 9.97. The molecule has 0 bridgehead atoms. The van der Waals surface area contributed by atoms with Crippen molar-refractivity contribution < 1.29 is 19.4 Å². The second-order valence-electron chi connectivity index (χ2n) is 5.73. The Morgan fingerprint density at radius 3 is 2.50 bits per heavy atom. The van der Waals surface area contributed by atoms with Gasteiger partial charge in [-0.2, -0.15) is 0 Å². The highest BCUT2D eigenvalue weighted by Gasteiger charge is 2.24. The van der Waals surface area contributed by atoms with Crippen molar-refractivity contribution in [1.82, 2.24) is 5.32 Å². The van der Waals surface area contributed by atoms with Crippen molar-refractivity contribution in [2.45, 2.75) is 26.8 Å². The van der Waals surface area contributed by atoms with Crippen LogP contribution in [0.5, 0.6) is 5.75 Å². The summed E-state index contributed by atoms with van der Waals surface area (Å²) >= 11 is 0. The molecule has 1 unspecified atom stereocenters. The van der Waals surface area contributed by atoms with E-state index in [0.29, 0.717) is 11.3 Å². The van der Waals surface area contributed by atoms with Gasteiger partial charge in [0.1, 0.15) is 5.75 Å². The first-order valence-electron chi connectivity index (χ1n) is 7.66. The molecule has 0 saturated heterocycles. The molecule has 2 rings (SSSR count). The number of carbonyl (C=O) groups is 2. The molecular weight excluding hydrogens is 306 g/mol. The molecule has 0 radical (unpaired) electrons. The van der Waals surface area contributed by atoms with E-state index in [-0.39, 0.29) is 6.61 Å². The first-order chi connectivity index (χ1) is 11.4. The molecule has 126 valence electrons. The van der Waals surface area contributed by atoms with Gasteiger partial charge < -0.3 is 15.2 Å². The predicted octanol–water partition coefficient (Wildman–Crippen LogP) is 2.93. The van der Waals surface area contributed by atoms with Crippen molar-refractivity contribution >= 4 is 11.9 Å². The third kappa shape index (κ3) is 4.35. The fourth-order valence-corrected chi connectivity index (χ4v) is 2.42. The molecule has 5 heteroatoms. The van der Waals surface area contributed by atoms with E-state index in [9.17, 15) is 14.7 Å². The average molecular weight is 327 g/mol. The average Bonchev–Trinajstić information content (AvgIpc) is 2.53. The maximum Gasteiger partial charge on any atom is 0.330 e. The monoisotopic (exact) mass is 327 g/mol. The molecule has 0 aliphatic heterocycles. The van der Waals surface area contributed by atoms with E-state index < -0.39 is 17.9 Å². The molecule has 24 heavy (non-hydrogen) atoms. The minimum Gasteiger partial charge on any atom is -0.484 e. The Kier molecular flexibility index (Phi) is 5.58. The number of benzene rings is 2. The maximum atomic E-state index is 12.1. The van der Waals surface area contributed by atoms with Crippen LogP contribution in [0, 0.1) is 20.8 Å². The van der Waals surface area contributed by atoms with Crippen LogP contribution in [0.25, 0.3) is 0 Å². The molecule has 2 aromatic carbocycles. The molecule has 0 spiro atoms. The highest BCUT2D eigenvalue weighted by Crippen LogP contribution is 2.21. The van der Waals surface area contributed by atoms with Crippen LogP contribution >= 0.6 is 0 Å². The molecule has 2 N–H and O–H groups in total. The zero-order valence-electron chi connectivity index (χ0n) is 14.0. The molecule has 1 amide bonds. The fourth-order valence-electron chi connectivity index (χ4n) is 2.42. The number of aryl methyl sites for hydroxylation is 2. The van der Waals surface area contributed by atoms with Gasteiger partial charge in [0.2, 0.25) is 0 Å². The number of ether oxygens (including phenoxy) is 1. The lowest BCUT2D eigenvalue weighted by Crippen LogP contribution is -2.37. The standard InChI is InChI=1S/C19H21NO4/c1-12-6-4-8-15(10-12)24-11-17(21)20-18(19(22)23)16-9-5-7-13(2)14(16)3/h4-10,18H,11H2,1-3H3,(H,20,21)(H,22,23). The van der Waals surface area contributed by atoms with Gasteiger partial charge in [-0.05, 0) is 55.2 Å². The van der Waals surface area contributed by atoms with E-state index in [1.807, 2.05) is 45.0 Å². The summed E-state index contributed by atoms with van der Waals surface area (Å²) in [5, 5.41) is 12.0. The van der Waals surface area contributed by atoms with Gasteiger partial charge in [-0.3, -0.25) is 4.79 Å². The van der Waals surface area contributed by atoms with Gasteiger partial charge in [-0.15, -0.1) is 0 Å². The molecule has 0 aliphatic rings. The third-order valence-corrected chi connectivity index (χ3v) is 3.87. The van der Waals surface area contributed by atoms with Gasteiger partial charge in [0, 0.05) is 0 Å². The number of amides is 1. The predicted molar refractivity (Wildman–Crippen MR) is 91.1 cm³/mol. The number of carboxylic acids is 1. The molecule has 0 heterocycles. The van der Waals surface area contributed by atoms with E-state index in [1.165, 1.54) is 0 Å². The van der Waals surface area contributed by atoms with Gasteiger partial charge >= 0.3 is 5.97 Å². The van der Waals surface area contributed by atoms with Crippen molar-refractivity contribution in [1.29, 1.82) is 0 Å². The van der Waals surface area contributed by atoms with Gasteiger partial charge in [0.25, 0.3) is 5.91 Å². The van der Waals surface area contributed by atoms with Crippen LogP contribution in [-0.4, -0.2) is 23.6 Å². The van der Waals surface area contributed by atoms with Gasteiger partial charge in [0.05, 0.1) is 0 Å². The van der Waals surface area contributed by atoms with Crippen LogP contribution in [0.3, 0.4) is 0 Å². The van der Waals surface area contributed by atoms with Crippen LogP contribution in [0.4, 0.5) is 0 Å². The highest BCUT2D eigenvalue weighted by molar-refractivity contribution is 5.85. The summed E-state index contributed by atoms with van der Waals surface area (Å²) in [6.07, 6.45) is 0. The highest BCUT2D eigenvalue weighted by atomic mass is 16.5. The normalized spacial score (nSPS) is 11.6. The lowest BCUT2D eigenvalue weighted by molar-refractivity contribution is -0.142. The lowest BCUT2D eigenvalue weighted by Gasteiger charge is -2.18. The fraction of sp³-hybridized carbons (Fsp3) is 0.263. The van der Waals surface area contributed by atoms with E-state index in [4.69, 9.17) is 4.74 Å². The Labute approximate surface area is 141 Å². The van der Waals surface area contributed by atoms with Crippen LogP contribution in [0.15, 0.2) is 42.5 Å². The Balaban J connectivity index is 2.06. The topological polar surface area (TPSA) is 75.6 Å². The van der Waals surface area contributed by atoms with E-state index in [1.54, 1.807) is 18.2 Å². The summed E-state index contributed by atoms with van der Waals surface area (Å²) in [6, 6.07) is 11.6. The number of hydrogen-bond donors (Lipinski definition) is 2. The minimum absolute atomic E-state index is 0.238. The molecular formula is C19H21NO4. The first kappa shape index (κ1) is 17.5. The van der Waals surface area contributed by atoms with Crippen LogP contribution in [-0.2, 0) is 9.59 Å². The number of rotatable bonds is 6. The summed E-state index contributed by atoms with van der Waals surface area (Å²) in [5.41, 5.74) is 3.42. The number of hydrogen-bond acceptors (Lipinski definition) is 3. The smallest absolute Gasteiger partial charge is 0.330 e. The quantitative estimate of drug-likeness (QED) is 0.855. The van der Waals surface area contributed by atoms with Gasteiger partial charge in [0.15, 0.2) is 12.6 Å². The largest absolute Gasteiger partial charge is 0.484 e. The van der Waals surface area contributed by atoms with Crippen LogP contribution < -0.4 is 10.1 Å². The van der Waals surface area contributed by atoms with Crippen molar-refractivity contribution in [3.63, 3.8) is 0 Å². The van der Waals surface area contributed by atoms with Crippen molar-refractivity contribution in [3.8, 4) is 5.75 Å². The maximum absolute atomic E-state index is 12.1. The van der Waals surface area contributed by atoms with Gasteiger partial charge in [-0.25, -0.2) is 4.79 Å². The number of carboxylic acid groups (broad SMARTS) is 1. The molecule has 0 saturated carbocycles. The van der Waals surface area contributed by atoms with Gasteiger partial charge in [-0.1, -0.05) is 30.3 Å². The van der Waals surface area contributed by atoms with Crippen molar-refractivity contribution in [3.05, 3.63) is 64.7 Å². The molecule has 0 aliphatic carbocycles.